The first kappa shape index (κ1) is 10.4. The zero-order valence-electron chi connectivity index (χ0n) is 8.89. The molecule has 16 heavy (non-hydrogen) atoms. The highest BCUT2D eigenvalue weighted by Crippen LogP contribution is 2.19. The van der Waals surface area contributed by atoms with Crippen LogP contribution in [0.4, 0.5) is 0 Å². The van der Waals surface area contributed by atoms with Crippen molar-refractivity contribution in [2.24, 2.45) is 0 Å². The summed E-state index contributed by atoms with van der Waals surface area (Å²) >= 11 is 0. The number of carbonyl (C=O) groups excluding carboxylic acids is 1. The average Bonchev–Trinajstić information content (AvgIpc) is 2.85. The van der Waals surface area contributed by atoms with Gasteiger partial charge in [-0.05, 0) is 25.1 Å². The van der Waals surface area contributed by atoms with Crippen LogP contribution in [-0.2, 0) is 4.74 Å². The largest absolute Gasteiger partial charge is 0.469 e. The minimum atomic E-state index is -0.599. The molecule has 0 amide bonds. The molecular weight excluding hydrogens is 212 g/mol. The first-order chi connectivity index (χ1) is 7.70. The van der Waals surface area contributed by atoms with E-state index in [1.54, 1.807) is 19.9 Å². The molecule has 6 heteroatoms. The summed E-state index contributed by atoms with van der Waals surface area (Å²) < 4.78 is 14.7. The molecule has 0 radical (unpaired) electrons. The number of esters is 1. The van der Waals surface area contributed by atoms with Crippen LogP contribution in [0.1, 0.15) is 23.3 Å². The smallest absolute Gasteiger partial charge is 0.379 e. The Morgan fingerprint density at radius 1 is 1.56 bits per heavy atom. The number of nitrogens with zero attached hydrogens (tertiary/aromatic N) is 2. The van der Waals surface area contributed by atoms with Gasteiger partial charge in [-0.15, -0.1) is 0 Å². The van der Waals surface area contributed by atoms with E-state index in [-0.39, 0.29) is 18.3 Å². The summed E-state index contributed by atoms with van der Waals surface area (Å²) in [7, 11) is 0. The summed E-state index contributed by atoms with van der Waals surface area (Å²) in [5, 5.41) is 3.52. The van der Waals surface area contributed by atoms with Gasteiger partial charge in [0, 0.05) is 0 Å². The van der Waals surface area contributed by atoms with Crippen LogP contribution >= 0.6 is 0 Å². The second kappa shape index (κ2) is 4.18. The number of ether oxygens (including phenoxy) is 1. The van der Waals surface area contributed by atoms with Crippen LogP contribution in [0, 0.1) is 6.92 Å². The highest BCUT2D eigenvalue weighted by molar-refractivity contribution is 5.85. The molecule has 2 aromatic heterocycles. The Labute approximate surface area is 91.2 Å². The monoisotopic (exact) mass is 222 g/mol. The number of hydrogen-bond donors (Lipinski definition) is 0. The van der Waals surface area contributed by atoms with Crippen LogP contribution in [0.2, 0.25) is 0 Å². The quantitative estimate of drug-likeness (QED) is 0.737. The summed E-state index contributed by atoms with van der Waals surface area (Å²) in [6.07, 6.45) is 1.48. The van der Waals surface area contributed by atoms with Crippen molar-refractivity contribution in [2.75, 3.05) is 6.61 Å². The van der Waals surface area contributed by atoms with Crippen molar-refractivity contribution in [2.45, 2.75) is 13.8 Å². The number of aromatic nitrogens is 2. The molecule has 0 aliphatic carbocycles. The standard InChI is InChI=1S/C10H10N2O4/c1-3-14-10(13)8-11-9(16-12-8)7-4-6(2)15-5-7/h4-5H,3H2,1-2H3. The van der Waals surface area contributed by atoms with Crippen LogP contribution < -0.4 is 0 Å². The minimum Gasteiger partial charge on any atom is -0.469 e. The predicted molar refractivity (Wildman–Crippen MR) is 52.7 cm³/mol. The highest BCUT2D eigenvalue weighted by atomic mass is 16.5. The first-order valence-corrected chi connectivity index (χ1v) is 4.77. The van der Waals surface area contributed by atoms with Crippen LogP contribution in [0.25, 0.3) is 11.5 Å². The summed E-state index contributed by atoms with van der Waals surface area (Å²) in [6.45, 7) is 3.78. The normalized spacial score (nSPS) is 10.4. The molecule has 0 saturated carbocycles. The summed E-state index contributed by atoms with van der Waals surface area (Å²) in [4.78, 5) is 15.2. The van der Waals surface area contributed by atoms with Crippen molar-refractivity contribution in [1.29, 1.82) is 0 Å². The molecule has 0 N–H and O–H groups in total. The maximum atomic E-state index is 11.3. The lowest BCUT2D eigenvalue weighted by Gasteiger charge is -1.93. The Bertz CT molecular complexity index is 500. The fourth-order valence-electron chi connectivity index (χ4n) is 1.17. The van der Waals surface area contributed by atoms with Crippen molar-refractivity contribution < 1.29 is 18.5 Å². The van der Waals surface area contributed by atoms with Gasteiger partial charge in [0.25, 0.3) is 11.7 Å². The summed E-state index contributed by atoms with van der Waals surface area (Å²) in [5.74, 6) is 0.277. The van der Waals surface area contributed by atoms with E-state index in [4.69, 9.17) is 13.7 Å². The van der Waals surface area contributed by atoms with E-state index in [1.807, 2.05) is 0 Å². The Morgan fingerprint density at radius 2 is 2.38 bits per heavy atom. The van der Waals surface area contributed by atoms with Crippen LogP contribution in [0.15, 0.2) is 21.3 Å². The van der Waals surface area contributed by atoms with Gasteiger partial charge in [0.05, 0.1) is 12.2 Å². The Kier molecular flexibility index (Phi) is 2.72. The van der Waals surface area contributed by atoms with Gasteiger partial charge < -0.3 is 13.7 Å². The maximum absolute atomic E-state index is 11.3. The zero-order valence-corrected chi connectivity index (χ0v) is 8.89. The molecule has 0 aliphatic rings. The van der Waals surface area contributed by atoms with Gasteiger partial charge in [0.1, 0.15) is 12.0 Å². The lowest BCUT2D eigenvalue weighted by molar-refractivity contribution is 0.0508. The fourth-order valence-corrected chi connectivity index (χ4v) is 1.17. The molecule has 2 rings (SSSR count). The summed E-state index contributed by atoms with van der Waals surface area (Å²) in [6, 6.07) is 1.74. The molecular formula is C10H10N2O4. The van der Waals surface area contributed by atoms with E-state index in [0.717, 1.165) is 5.76 Å². The van der Waals surface area contributed by atoms with E-state index < -0.39 is 5.97 Å². The van der Waals surface area contributed by atoms with Gasteiger partial charge in [-0.1, -0.05) is 0 Å². The number of rotatable bonds is 3. The maximum Gasteiger partial charge on any atom is 0.379 e. The van der Waals surface area contributed by atoms with E-state index in [0.29, 0.717) is 5.56 Å². The molecule has 2 heterocycles. The van der Waals surface area contributed by atoms with Crippen molar-refractivity contribution in [1.82, 2.24) is 10.1 Å². The van der Waals surface area contributed by atoms with Crippen LogP contribution in [-0.4, -0.2) is 22.7 Å². The third kappa shape index (κ3) is 1.95. The molecule has 6 nitrogen and oxygen atoms in total. The molecule has 84 valence electrons. The van der Waals surface area contributed by atoms with E-state index in [2.05, 4.69) is 10.1 Å². The van der Waals surface area contributed by atoms with Crippen LogP contribution in [0.5, 0.6) is 0 Å². The Balaban J connectivity index is 2.22. The molecule has 0 spiro atoms. The van der Waals surface area contributed by atoms with Gasteiger partial charge in [-0.25, -0.2) is 4.79 Å². The van der Waals surface area contributed by atoms with E-state index in [9.17, 15) is 4.79 Å². The number of hydrogen-bond acceptors (Lipinski definition) is 6. The third-order valence-corrected chi connectivity index (χ3v) is 1.86. The topological polar surface area (TPSA) is 78.4 Å². The summed E-state index contributed by atoms with van der Waals surface area (Å²) in [5.41, 5.74) is 0.639. The second-order valence-corrected chi connectivity index (χ2v) is 3.09. The zero-order chi connectivity index (χ0) is 11.5. The molecule has 0 aliphatic heterocycles. The van der Waals surface area contributed by atoms with Crippen molar-refractivity contribution in [3.8, 4) is 11.5 Å². The van der Waals surface area contributed by atoms with Crippen molar-refractivity contribution in [3.05, 3.63) is 23.9 Å². The molecule has 0 fully saturated rings. The lowest BCUT2D eigenvalue weighted by Crippen LogP contribution is -2.06. The molecule has 0 aromatic carbocycles. The van der Waals surface area contributed by atoms with Crippen molar-refractivity contribution in [3.63, 3.8) is 0 Å². The minimum absolute atomic E-state index is 0.0873. The number of carbonyl (C=O) groups is 1. The average molecular weight is 222 g/mol. The molecule has 0 bridgehead atoms. The second-order valence-electron chi connectivity index (χ2n) is 3.09. The third-order valence-electron chi connectivity index (χ3n) is 1.86. The van der Waals surface area contributed by atoms with E-state index >= 15 is 0 Å². The van der Waals surface area contributed by atoms with Crippen molar-refractivity contribution >= 4 is 5.97 Å². The van der Waals surface area contributed by atoms with Gasteiger partial charge in [0.2, 0.25) is 0 Å². The molecule has 0 atom stereocenters. The number of aryl methyl sites for hydroxylation is 1. The lowest BCUT2D eigenvalue weighted by atomic mass is 10.3. The molecule has 0 saturated heterocycles. The van der Waals surface area contributed by atoms with Gasteiger partial charge in [-0.3, -0.25) is 0 Å². The Morgan fingerprint density at radius 3 is 3.00 bits per heavy atom. The van der Waals surface area contributed by atoms with Gasteiger partial charge >= 0.3 is 5.97 Å². The molecule has 2 aromatic rings. The fraction of sp³-hybridized carbons (Fsp3) is 0.300. The SMILES string of the molecule is CCOC(=O)c1noc(-c2coc(C)c2)n1. The highest BCUT2D eigenvalue weighted by Gasteiger charge is 2.17. The van der Waals surface area contributed by atoms with E-state index in [1.165, 1.54) is 6.26 Å². The van der Waals surface area contributed by atoms with Gasteiger partial charge in [-0.2, -0.15) is 4.98 Å². The van der Waals surface area contributed by atoms with Crippen LogP contribution in [0.3, 0.4) is 0 Å². The van der Waals surface area contributed by atoms with Gasteiger partial charge in [0.15, 0.2) is 0 Å². The predicted octanol–water partition coefficient (Wildman–Crippen LogP) is 1.81. The first-order valence-electron chi connectivity index (χ1n) is 4.77. The Hall–Kier alpha value is -2.11. The number of furan rings is 1. The molecule has 0 unspecified atom stereocenters.